The van der Waals surface area contributed by atoms with Crippen molar-refractivity contribution in [3.05, 3.63) is 54.0 Å². The highest BCUT2D eigenvalue weighted by atomic mass is 16.3. The van der Waals surface area contributed by atoms with Gasteiger partial charge in [-0.05, 0) is 36.6 Å². The predicted octanol–water partition coefficient (Wildman–Crippen LogP) is 2.35. The summed E-state index contributed by atoms with van der Waals surface area (Å²) in [4.78, 5) is 23.5. The molecule has 21 heavy (non-hydrogen) atoms. The molecule has 2 amide bonds. The lowest BCUT2D eigenvalue weighted by Crippen LogP contribution is -2.26. The second-order valence-corrected chi connectivity index (χ2v) is 5.18. The zero-order valence-electron chi connectivity index (χ0n) is 11.5. The van der Waals surface area contributed by atoms with Gasteiger partial charge in [-0.1, -0.05) is 12.1 Å². The number of hydrogen-bond acceptors (Lipinski definition) is 3. The molecule has 5 nitrogen and oxygen atoms in total. The molecule has 3 rings (SSSR count). The number of nitrogens with one attached hydrogen (secondary N) is 2. The third kappa shape index (κ3) is 3.72. The molecule has 2 aromatic rings. The highest BCUT2D eigenvalue weighted by molar-refractivity contribution is 6.03. The normalized spacial score (nSPS) is 13.7. The number of anilines is 1. The number of amides is 2. The molecular weight excluding hydrogens is 268 g/mol. The molecule has 1 aliphatic rings. The molecule has 1 fully saturated rings. The van der Waals surface area contributed by atoms with Crippen LogP contribution in [0.3, 0.4) is 0 Å². The third-order valence-electron chi connectivity index (χ3n) is 3.30. The van der Waals surface area contributed by atoms with Gasteiger partial charge >= 0.3 is 0 Å². The summed E-state index contributed by atoms with van der Waals surface area (Å²) in [6.07, 6.45) is 5.39. The molecule has 0 radical (unpaired) electrons. The Balaban J connectivity index is 1.56. The first kappa shape index (κ1) is 13.4. The third-order valence-corrected chi connectivity index (χ3v) is 3.30. The Kier molecular flexibility index (Phi) is 3.73. The molecule has 1 aliphatic carbocycles. The van der Waals surface area contributed by atoms with Gasteiger partial charge in [0.15, 0.2) is 0 Å². The molecule has 0 aliphatic heterocycles. The van der Waals surface area contributed by atoms with E-state index in [0.717, 1.165) is 18.4 Å². The van der Waals surface area contributed by atoms with Gasteiger partial charge in [0.2, 0.25) is 5.91 Å². The number of rotatable bonds is 5. The number of furan rings is 1. The fourth-order valence-corrected chi connectivity index (χ4v) is 1.99. The molecule has 5 heteroatoms. The SMILES string of the molecule is O=C(Cc1ccc(NC(=O)c2ccoc2)cc1)NC1CC1. The monoisotopic (exact) mass is 284 g/mol. The molecule has 0 bridgehead atoms. The van der Waals surface area contributed by atoms with Gasteiger partial charge in [0.25, 0.3) is 5.91 Å². The van der Waals surface area contributed by atoms with E-state index < -0.39 is 0 Å². The smallest absolute Gasteiger partial charge is 0.258 e. The fraction of sp³-hybridized carbons (Fsp3) is 0.250. The van der Waals surface area contributed by atoms with Crippen LogP contribution >= 0.6 is 0 Å². The minimum Gasteiger partial charge on any atom is -0.472 e. The highest BCUT2D eigenvalue weighted by Gasteiger charge is 2.23. The summed E-state index contributed by atoms with van der Waals surface area (Å²) in [5.41, 5.74) is 2.09. The number of carbonyl (C=O) groups excluding carboxylic acids is 2. The first-order valence-electron chi connectivity index (χ1n) is 6.92. The van der Waals surface area contributed by atoms with E-state index in [1.54, 1.807) is 18.2 Å². The summed E-state index contributed by atoms with van der Waals surface area (Å²) < 4.78 is 4.87. The lowest BCUT2D eigenvalue weighted by molar-refractivity contribution is -0.120. The van der Waals surface area contributed by atoms with E-state index in [4.69, 9.17) is 4.42 Å². The maximum absolute atomic E-state index is 11.8. The van der Waals surface area contributed by atoms with E-state index in [0.29, 0.717) is 23.7 Å². The van der Waals surface area contributed by atoms with Gasteiger partial charge in [0.05, 0.1) is 18.2 Å². The molecule has 1 saturated carbocycles. The second kappa shape index (κ2) is 5.83. The van der Waals surface area contributed by atoms with Gasteiger partial charge in [-0.2, -0.15) is 0 Å². The van der Waals surface area contributed by atoms with Crippen LogP contribution in [0, 0.1) is 0 Å². The Morgan fingerprint density at radius 1 is 1.14 bits per heavy atom. The molecule has 1 heterocycles. The fourth-order valence-electron chi connectivity index (χ4n) is 1.99. The zero-order chi connectivity index (χ0) is 14.7. The van der Waals surface area contributed by atoms with Crippen LogP contribution in [0.4, 0.5) is 5.69 Å². The van der Waals surface area contributed by atoms with Crippen molar-refractivity contribution in [3.63, 3.8) is 0 Å². The van der Waals surface area contributed by atoms with Crippen molar-refractivity contribution in [2.75, 3.05) is 5.32 Å². The van der Waals surface area contributed by atoms with Gasteiger partial charge in [-0.25, -0.2) is 0 Å². The van der Waals surface area contributed by atoms with Crippen LogP contribution in [0.5, 0.6) is 0 Å². The van der Waals surface area contributed by atoms with E-state index in [2.05, 4.69) is 10.6 Å². The van der Waals surface area contributed by atoms with Crippen LogP contribution in [0.15, 0.2) is 47.3 Å². The standard InChI is InChI=1S/C16H16N2O3/c19-15(17-13-5-6-13)9-11-1-3-14(4-2-11)18-16(20)12-7-8-21-10-12/h1-4,7-8,10,13H,5-6,9H2,(H,17,19)(H,18,20). The Labute approximate surface area is 122 Å². The van der Waals surface area contributed by atoms with Crippen LogP contribution in [0.1, 0.15) is 28.8 Å². The van der Waals surface area contributed by atoms with Crippen molar-refractivity contribution in [1.82, 2.24) is 5.32 Å². The summed E-state index contributed by atoms with van der Waals surface area (Å²) >= 11 is 0. The van der Waals surface area contributed by atoms with Gasteiger partial charge in [0.1, 0.15) is 6.26 Å². The van der Waals surface area contributed by atoms with E-state index in [-0.39, 0.29) is 11.8 Å². The molecule has 1 aromatic heterocycles. The average molecular weight is 284 g/mol. The van der Waals surface area contributed by atoms with Crippen LogP contribution < -0.4 is 10.6 Å². The quantitative estimate of drug-likeness (QED) is 0.885. The molecule has 0 saturated heterocycles. The van der Waals surface area contributed by atoms with Crippen molar-refractivity contribution in [3.8, 4) is 0 Å². The summed E-state index contributed by atoms with van der Waals surface area (Å²) in [5, 5.41) is 5.72. The molecule has 0 unspecified atom stereocenters. The summed E-state index contributed by atoms with van der Waals surface area (Å²) in [6.45, 7) is 0. The van der Waals surface area contributed by atoms with Crippen LogP contribution in [-0.2, 0) is 11.2 Å². The predicted molar refractivity (Wildman–Crippen MR) is 78.0 cm³/mol. The first-order valence-corrected chi connectivity index (χ1v) is 6.92. The maximum Gasteiger partial charge on any atom is 0.258 e. The van der Waals surface area contributed by atoms with E-state index in [1.165, 1.54) is 12.5 Å². The Morgan fingerprint density at radius 2 is 1.90 bits per heavy atom. The van der Waals surface area contributed by atoms with E-state index >= 15 is 0 Å². The highest BCUT2D eigenvalue weighted by Crippen LogP contribution is 2.19. The Morgan fingerprint density at radius 3 is 2.52 bits per heavy atom. The van der Waals surface area contributed by atoms with Gasteiger partial charge < -0.3 is 15.1 Å². The van der Waals surface area contributed by atoms with Gasteiger partial charge in [-0.3, -0.25) is 9.59 Å². The zero-order valence-corrected chi connectivity index (χ0v) is 11.5. The topological polar surface area (TPSA) is 71.3 Å². The van der Waals surface area contributed by atoms with Crippen molar-refractivity contribution in [2.24, 2.45) is 0 Å². The van der Waals surface area contributed by atoms with Crippen LogP contribution in [0.2, 0.25) is 0 Å². The largest absolute Gasteiger partial charge is 0.472 e. The Bertz CT molecular complexity index is 628. The lowest BCUT2D eigenvalue weighted by Gasteiger charge is -2.06. The van der Waals surface area contributed by atoms with Crippen molar-refractivity contribution >= 4 is 17.5 Å². The molecular formula is C16H16N2O3. The second-order valence-electron chi connectivity index (χ2n) is 5.18. The number of carbonyl (C=O) groups is 2. The number of hydrogen-bond donors (Lipinski definition) is 2. The van der Waals surface area contributed by atoms with Crippen molar-refractivity contribution in [2.45, 2.75) is 25.3 Å². The van der Waals surface area contributed by atoms with Crippen molar-refractivity contribution < 1.29 is 14.0 Å². The molecule has 2 N–H and O–H groups in total. The molecule has 1 aromatic carbocycles. The molecule has 0 atom stereocenters. The lowest BCUT2D eigenvalue weighted by atomic mass is 10.1. The van der Waals surface area contributed by atoms with E-state index in [1.807, 2.05) is 12.1 Å². The van der Waals surface area contributed by atoms with Crippen LogP contribution in [0.25, 0.3) is 0 Å². The molecule has 0 spiro atoms. The average Bonchev–Trinajstić information content (AvgIpc) is 3.10. The van der Waals surface area contributed by atoms with Gasteiger partial charge in [0, 0.05) is 11.7 Å². The summed E-state index contributed by atoms with van der Waals surface area (Å²) in [5.74, 6) is -0.171. The van der Waals surface area contributed by atoms with E-state index in [9.17, 15) is 9.59 Å². The van der Waals surface area contributed by atoms with Crippen LogP contribution in [-0.4, -0.2) is 17.9 Å². The summed E-state index contributed by atoms with van der Waals surface area (Å²) in [6, 6.07) is 9.25. The maximum atomic E-state index is 11.8. The van der Waals surface area contributed by atoms with Gasteiger partial charge in [-0.15, -0.1) is 0 Å². The Hall–Kier alpha value is -2.56. The van der Waals surface area contributed by atoms with Crippen molar-refractivity contribution in [1.29, 1.82) is 0 Å². The first-order chi connectivity index (χ1) is 10.2. The minimum absolute atomic E-state index is 0.0488. The molecule has 108 valence electrons. The minimum atomic E-state index is -0.219. The summed E-state index contributed by atoms with van der Waals surface area (Å²) in [7, 11) is 0. The number of benzene rings is 1.